The fourth-order valence-electron chi connectivity index (χ4n) is 8.00. The maximum atomic E-state index is 13.5. The first kappa shape index (κ1) is 32.7. The van der Waals surface area contributed by atoms with Crippen molar-refractivity contribution in [3.63, 3.8) is 0 Å². The average molecular weight is 611 g/mol. The highest BCUT2D eigenvalue weighted by molar-refractivity contribution is 5.98. The minimum Gasteiger partial charge on any atom is -0.386 e. The third kappa shape index (κ3) is 6.24. The van der Waals surface area contributed by atoms with Gasteiger partial charge in [0.15, 0.2) is 0 Å². The maximum absolute atomic E-state index is 13.5. The summed E-state index contributed by atoms with van der Waals surface area (Å²) in [5, 5.41) is 13.3. The molecular formula is C37H50N6O2. The molecule has 6 unspecified atom stereocenters. The minimum atomic E-state index is -0.756. The summed E-state index contributed by atoms with van der Waals surface area (Å²) < 4.78 is 0. The maximum Gasteiger partial charge on any atom is 0.253 e. The molecule has 1 aromatic rings. The highest BCUT2D eigenvalue weighted by Crippen LogP contribution is 2.53. The van der Waals surface area contributed by atoms with Crippen LogP contribution in [0.2, 0.25) is 0 Å². The summed E-state index contributed by atoms with van der Waals surface area (Å²) in [7, 11) is 3.55. The highest BCUT2D eigenvalue weighted by Gasteiger charge is 2.60. The second-order valence-electron chi connectivity index (χ2n) is 14.1. The summed E-state index contributed by atoms with van der Waals surface area (Å²) >= 11 is 0. The number of nitriles is 1. The number of hydrogen-bond donors (Lipinski definition) is 2. The van der Waals surface area contributed by atoms with E-state index in [1.54, 1.807) is 19.0 Å². The molecule has 2 fully saturated rings. The van der Waals surface area contributed by atoms with Gasteiger partial charge in [0.05, 0.1) is 18.0 Å². The summed E-state index contributed by atoms with van der Waals surface area (Å²) in [4.78, 5) is 35.0. The lowest BCUT2D eigenvalue weighted by atomic mass is 9.66. The minimum absolute atomic E-state index is 0.0113. The first-order valence-electron chi connectivity index (χ1n) is 16.6. The molecule has 1 heterocycles. The van der Waals surface area contributed by atoms with Gasteiger partial charge in [0.25, 0.3) is 5.91 Å². The first-order chi connectivity index (χ1) is 21.4. The molecule has 0 spiro atoms. The van der Waals surface area contributed by atoms with Gasteiger partial charge in [0.1, 0.15) is 11.9 Å². The van der Waals surface area contributed by atoms with E-state index in [2.05, 4.69) is 56.5 Å². The lowest BCUT2D eigenvalue weighted by Crippen LogP contribution is -2.50. The van der Waals surface area contributed by atoms with Crippen LogP contribution in [0.4, 0.5) is 0 Å². The third-order valence-electron chi connectivity index (χ3n) is 10.3. The molecule has 240 valence electrons. The normalized spacial score (nSPS) is 30.1. The Bertz CT molecular complexity index is 1510. The number of carbonyl (C=O) groups excluding carboxylic acids is 2. The second-order valence-corrected chi connectivity index (χ2v) is 14.1. The van der Waals surface area contributed by atoms with Crippen LogP contribution in [0.5, 0.6) is 0 Å². The van der Waals surface area contributed by atoms with Gasteiger partial charge in [-0.05, 0) is 107 Å². The van der Waals surface area contributed by atoms with Crippen LogP contribution in [-0.4, -0.2) is 72.3 Å². The number of benzene rings is 1. The van der Waals surface area contributed by atoms with E-state index >= 15 is 0 Å². The Morgan fingerprint density at radius 3 is 2.64 bits per heavy atom. The molecule has 4 aliphatic rings. The molecule has 2 amide bonds. The fraction of sp³-hybridized carbons (Fsp3) is 0.568. The predicted molar refractivity (Wildman–Crippen MR) is 180 cm³/mol. The number of hydrogen-bond acceptors (Lipinski definition) is 5. The summed E-state index contributed by atoms with van der Waals surface area (Å²) in [6.45, 7) is 10.7. The zero-order chi connectivity index (χ0) is 32.6. The summed E-state index contributed by atoms with van der Waals surface area (Å²) in [6.07, 6.45) is 11.6. The van der Waals surface area contributed by atoms with E-state index in [1.165, 1.54) is 16.7 Å². The number of aliphatic imine (C=N–C) groups is 1. The van der Waals surface area contributed by atoms with Crippen molar-refractivity contribution in [1.82, 2.24) is 15.1 Å². The van der Waals surface area contributed by atoms with Crippen molar-refractivity contribution in [2.75, 3.05) is 20.6 Å². The van der Waals surface area contributed by atoms with Gasteiger partial charge in [0, 0.05) is 37.8 Å². The van der Waals surface area contributed by atoms with Gasteiger partial charge in [-0.25, -0.2) is 0 Å². The number of carbonyl (C=O) groups is 2. The van der Waals surface area contributed by atoms with Gasteiger partial charge in [-0.2, -0.15) is 5.26 Å². The summed E-state index contributed by atoms with van der Waals surface area (Å²) in [6, 6.07) is 8.15. The largest absolute Gasteiger partial charge is 0.386 e. The van der Waals surface area contributed by atoms with Gasteiger partial charge in [-0.1, -0.05) is 42.4 Å². The number of nitrogens with zero attached hydrogens (tertiary/aromatic N) is 4. The Morgan fingerprint density at radius 2 is 1.96 bits per heavy atom. The van der Waals surface area contributed by atoms with Gasteiger partial charge in [-0.3, -0.25) is 14.6 Å². The molecule has 1 aliphatic heterocycles. The lowest BCUT2D eigenvalue weighted by Gasteiger charge is -2.40. The Morgan fingerprint density at radius 1 is 1.20 bits per heavy atom. The van der Waals surface area contributed by atoms with Crippen molar-refractivity contribution in [3.8, 4) is 6.07 Å². The molecule has 6 atom stereocenters. The van der Waals surface area contributed by atoms with E-state index in [4.69, 9.17) is 10.7 Å². The molecule has 0 radical (unpaired) electrons. The van der Waals surface area contributed by atoms with Gasteiger partial charge < -0.3 is 20.9 Å². The van der Waals surface area contributed by atoms with E-state index < -0.39 is 5.41 Å². The number of fused-ring (bicyclic) bond motifs is 2. The Hall–Kier alpha value is -3.70. The molecule has 5 rings (SSSR count). The van der Waals surface area contributed by atoms with Crippen molar-refractivity contribution in [2.24, 2.45) is 22.6 Å². The summed E-state index contributed by atoms with van der Waals surface area (Å²) in [5.41, 5.74) is 13.0. The molecule has 1 aromatic carbocycles. The van der Waals surface area contributed by atoms with Crippen LogP contribution in [0.1, 0.15) is 88.2 Å². The Balaban J connectivity index is 1.57. The predicted octanol–water partition coefficient (Wildman–Crippen LogP) is 5.06. The van der Waals surface area contributed by atoms with Crippen LogP contribution in [0.3, 0.4) is 0 Å². The van der Waals surface area contributed by atoms with Crippen LogP contribution >= 0.6 is 0 Å². The van der Waals surface area contributed by atoms with E-state index in [0.717, 1.165) is 43.2 Å². The Labute approximate surface area is 269 Å². The van der Waals surface area contributed by atoms with Gasteiger partial charge >= 0.3 is 0 Å². The van der Waals surface area contributed by atoms with Crippen LogP contribution in [0.25, 0.3) is 0 Å². The zero-order valence-corrected chi connectivity index (χ0v) is 28.1. The Kier molecular flexibility index (Phi) is 9.41. The standard InChI is InChI=1S/C37H50N6O2/c1-22(2)41-36(39)37(19-24(4)40-21-33(44)43-29(20-38)18-30-25(5)34(30)43)31-15-11-23(3)9-8-10-26(31)12-13-27-17-28(14-16-32(27)37)35(45)42(6)7/h9,11,14-17,22,24-25,29-30,34,40H,8,10,12-13,18-19,21H2,1-7H3,(H2,39,41)/b15-11-,23-9-. The number of piperidine rings is 1. The number of nitrogens with two attached hydrogens (primary N) is 1. The van der Waals surface area contributed by atoms with Crippen LogP contribution in [0, 0.1) is 23.2 Å². The van der Waals surface area contributed by atoms with Crippen LogP contribution < -0.4 is 11.1 Å². The molecule has 3 N–H and O–H groups in total. The SMILES string of the molecule is CC1=C/CCC2=C(/C=C\1)C(CC(C)NCC(=O)N1C(C#N)CC3C(C)C31)(C(N)=NC(C)C)c1ccc(C(=O)N(C)C)cc1CC2. The number of likely N-dealkylation sites (tertiary alicyclic amines) is 1. The van der Waals surface area contributed by atoms with E-state index in [9.17, 15) is 14.9 Å². The van der Waals surface area contributed by atoms with Crippen LogP contribution in [0.15, 0.2) is 58.1 Å². The van der Waals surface area contributed by atoms with Crippen molar-refractivity contribution in [3.05, 3.63) is 69.8 Å². The summed E-state index contributed by atoms with van der Waals surface area (Å²) in [5.74, 6) is 1.44. The number of amidine groups is 1. The van der Waals surface area contributed by atoms with Crippen molar-refractivity contribution in [2.45, 2.75) is 103 Å². The number of allylic oxidation sites excluding steroid dienone is 5. The average Bonchev–Trinajstić information content (AvgIpc) is 3.46. The smallest absolute Gasteiger partial charge is 0.253 e. The number of nitrogens with one attached hydrogen (secondary N) is 1. The molecule has 1 saturated heterocycles. The second kappa shape index (κ2) is 13.0. The fourth-order valence-corrected chi connectivity index (χ4v) is 8.00. The molecule has 8 nitrogen and oxygen atoms in total. The van der Waals surface area contributed by atoms with Crippen LogP contribution in [-0.2, 0) is 16.6 Å². The van der Waals surface area contributed by atoms with Crippen molar-refractivity contribution >= 4 is 17.6 Å². The van der Waals surface area contributed by atoms with E-state index in [1.807, 2.05) is 30.9 Å². The number of rotatable bonds is 8. The van der Waals surface area contributed by atoms with Gasteiger partial charge in [0.2, 0.25) is 5.91 Å². The third-order valence-corrected chi connectivity index (χ3v) is 10.3. The van der Waals surface area contributed by atoms with E-state index in [0.29, 0.717) is 29.7 Å². The molecule has 8 heteroatoms. The van der Waals surface area contributed by atoms with Crippen molar-refractivity contribution in [1.29, 1.82) is 5.26 Å². The van der Waals surface area contributed by atoms with E-state index in [-0.39, 0.29) is 42.5 Å². The number of amides is 2. The molecule has 3 aliphatic carbocycles. The molecule has 0 aromatic heterocycles. The number of aryl methyl sites for hydroxylation is 1. The lowest BCUT2D eigenvalue weighted by molar-refractivity contribution is -0.131. The molecule has 1 saturated carbocycles. The quantitative estimate of drug-likeness (QED) is 0.316. The van der Waals surface area contributed by atoms with Crippen molar-refractivity contribution < 1.29 is 9.59 Å². The van der Waals surface area contributed by atoms with Gasteiger partial charge in [-0.15, -0.1) is 0 Å². The zero-order valence-electron chi connectivity index (χ0n) is 28.1. The molecule has 45 heavy (non-hydrogen) atoms. The monoisotopic (exact) mass is 610 g/mol. The molecule has 0 bridgehead atoms. The highest BCUT2D eigenvalue weighted by atomic mass is 16.2. The first-order valence-corrected chi connectivity index (χ1v) is 16.6. The molecular weight excluding hydrogens is 560 g/mol. The topological polar surface area (TPSA) is 115 Å².